The van der Waals surface area contributed by atoms with E-state index in [-0.39, 0.29) is 18.6 Å². The molecule has 1 aliphatic heterocycles. The van der Waals surface area contributed by atoms with E-state index in [0.29, 0.717) is 46.6 Å². The van der Waals surface area contributed by atoms with Crippen LogP contribution < -0.4 is 15.0 Å². The largest absolute Gasteiger partial charge is 0.497 e. The van der Waals surface area contributed by atoms with Gasteiger partial charge in [0.2, 0.25) is 11.7 Å². The number of carbonyl (C=O) groups excluding carboxylic acids is 2. The van der Waals surface area contributed by atoms with Crippen molar-refractivity contribution in [3.63, 3.8) is 0 Å². The van der Waals surface area contributed by atoms with E-state index in [1.807, 2.05) is 31.2 Å². The molecular weight excluding hydrogens is 544 g/mol. The standard InChI is InChI=1S/C30H31ClN6O4/c1-20-8-10-21(11-9-20)28(30(39)32-18-26-7-4-16-41-26)37(24-5-3-6-25(17-24)40-2)27(38)19-36-34-29(33-35-36)22-12-14-23(31)15-13-22/h3,5-6,8-15,17,26,28H,4,7,16,18-19H2,1-2H3,(H,32,39)/t26-,28-/m1/s1. The van der Waals surface area contributed by atoms with Gasteiger partial charge in [-0.15, -0.1) is 10.2 Å². The zero-order valence-corrected chi connectivity index (χ0v) is 23.6. The van der Waals surface area contributed by atoms with Gasteiger partial charge in [0.1, 0.15) is 18.3 Å². The van der Waals surface area contributed by atoms with Crippen molar-refractivity contribution in [3.8, 4) is 17.1 Å². The van der Waals surface area contributed by atoms with Gasteiger partial charge in [-0.05, 0) is 66.9 Å². The van der Waals surface area contributed by atoms with Crippen LogP contribution in [0.4, 0.5) is 5.69 Å². The van der Waals surface area contributed by atoms with Crippen LogP contribution in [-0.4, -0.2) is 58.4 Å². The number of carbonyl (C=O) groups is 2. The van der Waals surface area contributed by atoms with Crippen molar-refractivity contribution in [3.05, 3.63) is 88.9 Å². The second kappa shape index (κ2) is 12.9. The lowest BCUT2D eigenvalue weighted by Gasteiger charge is -2.32. The van der Waals surface area contributed by atoms with E-state index in [4.69, 9.17) is 21.1 Å². The minimum atomic E-state index is -0.976. The van der Waals surface area contributed by atoms with Crippen LogP contribution in [0.5, 0.6) is 5.75 Å². The van der Waals surface area contributed by atoms with Gasteiger partial charge in [-0.3, -0.25) is 14.5 Å². The summed E-state index contributed by atoms with van der Waals surface area (Å²) in [5.41, 5.74) is 2.90. The highest BCUT2D eigenvalue weighted by Gasteiger charge is 2.34. The maximum Gasteiger partial charge on any atom is 0.251 e. The number of hydrogen-bond donors (Lipinski definition) is 1. The zero-order chi connectivity index (χ0) is 28.8. The van der Waals surface area contributed by atoms with Crippen LogP contribution >= 0.6 is 11.6 Å². The first-order chi connectivity index (χ1) is 19.9. The second-order valence-electron chi connectivity index (χ2n) is 9.81. The van der Waals surface area contributed by atoms with Crippen LogP contribution in [0.1, 0.15) is 30.0 Å². The van der Waals surface area contributed by atoms with Gasteiger partial charge in [-0.25, -0.2) is 0 Å². The molecule has 11 heteroatoms. The van der Waals surface area contributed by atoms with E-state index in [1.54, 1.807) is 55.6 Å². The lowest BCUT2D eigenvalue weighted by atomic mass is 10.0. The molecule has 2 amide bonds. The normalized spacial score (nSPS) is 15.3. The molecular formula is C30H31ClN6O4. The molecule has 1 fully saturated rings. The smallest absolute Gasteiger partial charge is 0.251 e. The third-order valence-electron chi connectivity index (χ3n) is 6.86. The zero-order valence-electron chi connectivity index (χ0n) is 22.9. The summed E-state index contributed by atoms with van der Waals surface area (Å²) in [6.07, 6.45) is 1.78. The molecule has 4 aromatic rings. The second-order valence-corrected chi connectivity index (χ2v) is 10.2. The van der Waals surface area contributed by atoms with Gasteiger partial charge in [0.25, 0.3) is 5.91 Å². The molecule has 212 valence electrons. The molecule has 2 heterocycles. The number of aryl methyl sites for hydroxylation is 1. The molecule has 1 saturated heterocycles. The Labute approximate surface area is 243 Å². The van der Waals surface area contributed by atoms with E-state index in [9.17, 15) is 9.59 Å². The molecule has 41 heavy (non-hydrogen) atoms. The van der Waals surface area contributed by atoms with Crippen LogP contribution in [0, 0.1) is 6.92 Å². The van der Waals surface area contributed by atoms with Crippen LogP contribution in [0.25, 0.3) is 11.4 Å². The third-order valence-corrected chi connectivity index (χ3v) is 7.11. The predicted octanol–water partition coefficient (Wildman–Crippen LogP) is 4.38. The summed E-state index contributed by atoms with van der Waals surface area (Å²) in [6, 6.07) is 20.6. The molecule has 3 aromatic carbocycles. The molecule has 1 aliphatic rings. The number of nitrogens with zero attached hydrogens (tertiary/aromatic N) is 5. The quantitative estimate of drug-likeness (QED) is 0.299. The molecule has 0 spiro atoms. The van der Waals surface area contributed by atoms with E-state index in [1.165, 1.54) is 9.70 Å². The fraction of sp³-hybridized carbons (Fsp3) is 0.300. The summed E-state index contributed by atoms with van der Waals surface area (Å²) in [6.45, 7) is 2.75. The van der Waals surface area contributed by atoms with Gasteiger partial charge in [-0.2, -0.15) is 4.80 Å². The Bertz CT molecular complexity index is 1490. The van der Waals surface area contributed by atoms with Crippen molar-refractivity contribution in [2.24, 2.45) is 0 Å². The van der Waals surface area contributed by atoms with Gasteiger partial charge >= 0.3 is 0 Å². The van der Waals surface area contributed by atoms with Crippen molar-refractivity contribution in [2.75, 3.05) is 25.2 Å². The van der Waals surface area contributed by atoms with Crippen molar-refractivity contribution in [1.82, 2.24) is 25.5 Å². The average Bonchev–Trinajstić information content (AvgIpc) is 3.68. The number of amides is 2. The van der Waals surface area contributed by atoms with Crippen molar-refractivity contribution < 1.29 is 19.1 Å². The topological polar surface area (TPSA) is 111 Å². The highest BCUT2D eigenvalue weighted by atomic mass is 35.5. The molecule has 0 radical (unpaired) electrons. The van der Waals surface area contributed by atoms with Gasteiger partial charge in [-0.1, -0.05) is 47.5 Å². The van der Waals surface area contributed by atoms with Crippen molar-refractivity contribution in [2.45, 2.75) is 38.5 Å². The Morgan fingerprint density at radius 3 is 2.63 bits per heavy atom. The first kappa shape index (κ1) is 28.3. The Balaban J connectivity index is 1.49. The predicted molar refractivity (Wildman–Crippen MR) is 155 cm³/mol. The van der Waals surface area contributed by atoms with Crippen LogP contribution in [-0.2, 0) is 20.9 Å². The first-order valence-electron chi connectivity index (χ1n) is 13.4. The van der Waals surface area contributed by atoms with Gasteiger partial charge < -0.3 is 14.8 Å². The van der Waals surface area contributed by atoms with E-state index in [0.717, 1.165) is 18.4 Å². The SMILES string of the molecule is COc1cccc(N(C(=O)Cn2nnc(-c3ccc(Cl)cc3)n2)[C@@H](C(=O)NC[C@H]2CCCO2)c2ccc(C)cc2)c1. The van der Waals surface area contributed by atoms with Crippen LogP contribution in [0.3, 0.4) is 0 Å². The minimum Gasteiger partial charge on any atom is -0.497 e. The third kappa shape index (κ3) is 6.90. The molecule has 0 bridgehead atoms. The fourth-order valence-corrected chi connectivity index (χ4v) is 4.83. The Hall–Kier alpha value is -4.28. The number of hydrogen-bond acceptors (Lipinski definition) is 7. The van der Waals surface area contributed by atoms with Gasteiger partial charge in [0, 0.05) is 35.5 Å². The first-order valence-corrected chi connectivity index (χ1v) is 13.7. The maximum atomic E-state index is 14.1. The number of aromatic nitrogens is 4. The van der Waals surface area contributed by atoms with Crippen molar-refractivity contribution >= 4 is 29.1 Å². The number of anilines is 1. The van der Waals surface area contributed by atoms with E-state index >= 15 is 0 Å². The highest BCUT2D eigenvalue weighted by Crippen LogP contribution is 2.31. The number of benzene rings is 3. The summed E-state index contributed by atoms with van der Waals surface area (Å²) in [5, 5.41) is 16.2. The summed E-state index contributed by atoms with van der Waals surface area (Å²) < 4.78 is 11.1. The van der Waals surface area contributed by atoms with Gasteiger partial charge in [0.15, 0.2) is 0 Å². The Morgan fingerprint density at radius 2 is 1.93 bits per heavy atom. The fourth-order valence-electron chi connectivity index (χ4n) is 4.70. The van der Waals surface area contributed by atoms with E-state index < -0.39 is 11.9 Å². The van der Waals surface area contributed by atoms with Crippen molar-refractivity contribution in [1.29, 1.82) is 0 Å². The summed E-state index contributed by atoms with van der Waals surface area (Å²) >= 11 is 6.00. The molecule has 10 nitrogen and oxygen atoms in total. The Morgan fingerprint density at radius 1 is 1.15 bits per heavy atom. The molecule has 5 rings (SSSR count). The molecule has 0 saturated carbocycles. The van der Waals surface area contributed by atoms with E-state index in [2.05, 4.69) is 20.7 Å². The number of tetrazole rings is 1. The average molecular weight is 575 g/mol. The Kier molecular flexibility index (Phi) is 8.91. The molecule has 1 N–H and O–H groups in total. The highest BCUT2D eigenvalue weighted by molar-refractivity contribution is 6.30. The summed E-state index contributed by atoms with van der Waals surface area (Å²) in [5.74, 6) is 0.170. The number of rotatable bonds is 10. The molecule has 2 atom stereocenters. The number of methoxy groups -OCH3 is 1. The lowest BCUT2D eigenvalue weighted by molar-refractivity contribution is -0.127. The van der Waals surface area contributed by atoms with Crippen LogP contribution in [0.2, 0.25) is 5.02 Å². The summed E-state index contributed by atoms with van der Waals surface area (Å²) in [7, 11) is 1.55. The van der Waals surface area contributed by atoms with Crippen LogP contribution in [0.15, 0.2) is 72.8 Å². The molecule has 0 aliphatic carbocycles. The molecule has 0 unspecified atom stereocenters. The number of nitrogens with one attached hydrogen (secondary N) is 1. The maximum absolute atomic E-state index is 14.1. The molecule has 1 aromatic heterocycles. The minimum absolute atomic E-state index is 0.0516. The monoisotopic (exact) mass is 574 g/mol. The number of halogens is 1. The van der Waals surface area contributed by atoms with Gasteiger partial charge in [0.05, 0.1) is 13.2 Å². The number of ether oxygens (including phenoxy) is 2. The lowest BCUT2D eigenvalue weighted by Crippen LogP contribution is -2.46. The summed E-state index contributed by atoms with van der Waals surface area (Å²) in [4.78, 5) is 30.6.